The van der Waals surface area contributed by atoms with Crippen molar-refractivity contribution in [1.82, 2.24) is 9.99 Å². The summed E-state index contributed by atoms with van der Waals surface area (Å²) in [6.45, 7) is 6.25. The van der Waals surface area contributed by atoms with Gasteiger partial charge in [0.25, 0.3) is 0 Å². The van der Waals surface area contributed by atoms with Gasteiger partial charge in [-0.2, -0.15) is 5.10 Å². The van der Waals surface area contributed by atoms with E-state index < -0.39 is 0 Å². The predicted octanol–water partition coefficient (Wildman–Crippen LogP) is 2.56. The van der Waals surface area contributed by atoms with Gasteiger partial charge in [0, 0.05) is 37.7 Å². The lowest BCUT2D eigenvalue weighted by Crippen LogP contribution is -2.21. The summed E-state index contributed by atoms with van der Waals surface area (Å²) < 4.78 is 1.93. The number of nitrogens with zero attached hydrogens (tertiary/aromatic N) is 3. The van der Waals surface area contributed by atoms with Crippen molar-refractivity contribution in [2.24, 2.45) is 12.1 Å². The number of rotatable bonds is 7. The number of anilines is 1. The summed E-state index contributed by atoms with van der Waals surface area (Å²) >= 11 is 0. The van der Waals surface area contributed by atoms with Crippen molar-refractivity contribution < 1.29 is 4.79 Å². The Labute approximate surface area is 137 Å². The third kappa shape index (κ3) is 4.71. The van der Waals surface area contributed by atoms with Crippen LogP contribution in [0, 0.1) is 0 Å². The van der Waals surface area contributed by atoms with Crippen molar-refractivity contribution in [3.8, 4) is 0 Å². The second kappa shape index (κ2) is 8.17. The normalized spacial score (nSPS) is 10.9. The van der Waals surface area contributed by atoms with Gasteiger partial charge in [-0.3, -0.25) is 4.79 Å². The van der Waals surface area contributed by atoms with Gasteiger partial charge in [-0.15, -0.1) is 0 Å². The smallest absolute Gasteiger partial charge is 0.245 e. The fourth-order valence-corrected chi connectivity index (χ4v) is 2.42. The zero-order valence-corrected chi connectivity index (χ0v) is 14.0. The molecule has 5 heteroatoms. The minimum Gasteiger partial charge on any atom is -0.372 e. The SMILES string of the molecule is CCN(CC)c1ccc(/C=N\NC(=O)Cc2cccn2C)cc1. The van der Waals surface area contributed by atoms with Gasteiger partial charge < -0.3 is 9.47 Å². The Balaban J connectivity index is 1.88. The third-order valence-corrected chi connectivity index (χ3v) is 3.82. The first kappa shape index (κ1) is 16.8. The van der Waals surface area contributed by atoms with E-state index in [1.807, 2.05) is 42.1 Å². The molecule has 2 aromatic rings. The molecule has 0 fully saturated rings. The highest BCUT2D eigenvalue weighted by Gasteiger charge is 2.04. The summed E-state index contributed by atoms with van der Waals surface area (Å²) in [4.78, 5) is 14.1. The maximum atomic E-state index is 11.8. The number of hydrogen-bond donors (Lipinski definition) is 1. The second-order valence-electron chi connectivity index (χ2n) is 5.34. The second-order valence-corrected chi connectivity index (χ2v) is 5.34. The van der Waals surface area contributed by atoms with Gasteiger partial charge in [0.05, 0.1) is 12.6 Å². The maximum absolute atomic E-state index is 11.8. The van der Waals surface area contributed by atoms with Crippen molar-refractivity contribution in [1.29, 1.82) is 0 Å². The van der Waals surface area contributed by atoms with E-state index in [9.17, 15) is 4.79 Å². The Morgan fingerprint density at radius 3 is 2.48 bits per heavy atom. The number of hydrazone groups is 1. The number of carbonyl (C=O) groups is 1. The summed E-state index contributed by atoms with van der Waals surface area (Å²) in [5, 5.41) is 4.02. The fourth-order valence-electron chi connectivity index (χ4n) is 2.42. The van der Waals surface area contributed by atoms with Crippen LogP contribution in [-0.2, 0) is 18.3 Å². The van der Waals surface area contributed by atoms with Crippen molar-refractivity contribution in [2.75, 3.05) is 18.0 Å². The van der Waals surface area contributed by atoms with Crippen LogP contribution in [0.25, 0.3) is 0 Å². The Kier molecular flexibility index (Phi) is 5.97. The van der Waals surface area contributed by atoms with Crippen LogP contribution in [0.4, 0.5) is 5.69 Å². The molecule has 0 saturated carbocycles. The quantitative estimate of drug-likeness (QED) is 0.631. The molecule has 0 bridgehead atoms. The van der Waals surface area contributed by atoms with Crippen LogP contribution in [-0.4, -0.2) is 29.8 Å². The van der Waals surface area contributed by atoms with Crippen LogP contribution in [0.15, 0.2) is 47.7 Å². The van der Waals surface area contributed by atoms with Gasteiger partial charge in [0.15, 0.2) is 0 Å². The monoisotopic (exact) mass is 312 g/mol. The maximum Gasteiger partial charge on any atom is 0.245 e. The minimum atomic E-state index is -0.122. The van der Waals surface area contributed by atoms with Gasteiger partial charge in [-0.25, -0.2) is 5.43 Å². The molecule has 1 aromatic heterocycles. The number of aryl methyl sites for hydroxylation is 1. The molecule has 0 aliphatic rings. The molecule has 2 rings (SSSR count). The van der Waals surface area contributed by atoms with E-state index in [0.29, 0.717) is 6.42 Å². The third-order valence-electron chi connectivity index (χ3n) is 3.82. The van der Waals surface area contributed by atoms with Crippen LogP contribution in [0.5, 0.6) is 0 Å². The highest BCUT2D eigenvalue weighted by Crippen LogP contribution is 2.13. The molecule has 0 radical (unpaired) electrons. The molecule has 1 amide bonds. The first-order chi connectivity index (χ1) is 11.1. The number of amides is 1. The molecule has 0 aliphatic heterocycles. The molecule has 23 heavy (non-hydrogen) atoms. The predicted molar refractivity (Wildman–Crippen MR) is 94.9 cm³/mol. The summed E-state index contributed by atoms with van der Waals surface area (Å²) in [6.07, 6.45) is 3.90. The highest BCUT2D eigenvalue weighted by atomic mass is 16.2. The average molecular weight is 312 g/mol. The van der Waals surface area contributed by atoms with Gasteiger partial charge in [0.2, 0.25) is 5.91 Å². The van der Waals surface area contributed by atoms with Crippen molar-refractivity contribution in [3.63, 3.8) is 0 Å². The van der Waals surface area contributed by atoms with Crippen LogP contribution in [0.3, 0.4) is 0 Å². The molecular formula is C18H24N4O. The number of aromatic nitrogens is 1. The van der Waals surface area contributed by atoms with Gasteiger partial charge in [0.1, 0.15) is 0 Å². The Morgan fingerprint density at radius 1 is 1.22 bits per heavy atom. The van der Waals surface area contributed by atoms with E-state index in [2.05, 4.69) is 41.4 Å². The number of hydrogen-bond acceptors (Lipinski definition) is 3. The van der Waals surface area contributed by atoms with Gasteiger partial charge >= 0.3 is 0 Å². The molecule has 0 unspecified atom stereocenters. The lowest BCUT2D eigenvalue weighted by Gasteiger charge is -2.20. The Morgan fingerprint density at radius 2 is 1.91 bits per heavy atom. The molecule has 0 aliphatic carbocycles. The van der Waals surface area contributed by atoms with E-state index >= 15 is 0 Å². The van der Waals surface area contributed by atoms with Crippen LogP contribution < -0.4 is 10.3 Å². The van der Waals surface area contributed by atoms with Crippen LogP contribution in [0.2, 0.25) is 0 Å². The summed E-state index contributed by atoms with van der Waals surface area (Å²) in [5.41, 5.74) is 5.68. The van der Waals surface area contributed by atoms with E-state index in [0.717, 1.165) is 24.3 Å². The zero-order chi connectivity index (χ0) is 16.7. The van der Waals surface area contributed by atoms with E-state index in [1.165, 1.54) is 5.69 Å². The van der Waals surface area contributed by atoms with Crippen molar-refractivity contribution in [3.05, 3.63) is 53.9 Å². The molecule has 1 heterocycles. The lowest BCUT2D eigenvalue weighted by molar-refractivity contribution is -0.120. The molecule has 0 spiro atoms. The van der Waals surface area contributed by atoms with Crippen molar-refractivity contribution >= 4 is 17.8 Å². The van der Waals surface area contributed by atoms with E-state index in [4.69, 9.17) is 0 Å². The number of carbonyl (C=O) groups excluding carboxylic acids is 1. The van der Waals surface area contributed by atoms with Crippen molar-refractivity contribution in [2.45, 2.75) is 20.3 Å². The lowest BCUT2D eigenvalue weighted by atomic mass is 10.2. The topological polar surface area (TPSA) is 49.6 Å². The van der Waals surface area contributed by atoms with Gasteiger partial charge in [-0.1, -0.05) is 12.1 Å². The molecule has 5 nitrogen and oxygen atoms in total. The van der Waals surface area contributed by atoms with Crippen LogP contribution >= 0.6 is 0 Å². The zero-order valence-electron chi connectivity index (χ0n) is 14.0. The average Bonchev–Trinajstić information content (AvgIpc) is 2.95. The standard InChI is InChI=1S/C18H24N4O/c1-4-22(5-2)16-10-8-15(9-11-16)14-19-20-18(23)13-17-7-6-12-21(17)3/h6-12,14H,4-5,13H2,1-3H3,(H,20,23)/b19-14-. The first-order valence-corrected chi connectivity index (χ1v) is 7.91. The number of benzene rings is 1. The molecule has 0 saturated heterocycles. The molecule has 0 atom stereocenters. The summed E-state index contributed by atoms with van der Waals surface area (Å²) in [6, 6.07) is 12.0. The highest BCUT2D eigenvalue weighted by molar-refractivity contribution is 5.83. The molecule has 1 N–H and O–H groups in total. The summed E-state index contributed by atoms with van der Waals surface area (Å²) in [5.74, 6) is -0.122. The summed E-state index contributed by atoms with van der Waals surface area (Å²) in [7, 11) is 1.92. The first-order valence-electron chi connectivity index (χ1n) is 7.91. The Bertz CT molecular complexity index is 654. The van der Waals surface area contributed by atoms with Gasteiger partial charge in [-0.05, 0) is 43.7 Å². The fraction of sp³-hybridized carbons (Fsp3) is 0.333. The molecular weight excluding hydrogens is 288 g/mol. The Hall–Kier alpha value is -2.56. The number of nitrogens with one attached hydrogen (secondary N) is 1. The molecule has 122 valence electrons. The van der Waals surface area contributed by atoms with E-state index in [1.54, 1.807) is 6.21 Å². The molecule has 1 aromatic carbocycles. The van der Waals surface area contributed by atoms with Crippen LogP contribution in [0.1, 0.15) is 25.1 Å². The van der Waals surface area contributed by atoms with E-state index in [-0.39, 0.29) is 5.91 Å². The largest absolute Gasteiger partial charge is 0.372 e. The minimum absolute atomic E-state index is 0.122.